The van der Waals surface area contributed by atoms with Gasteiger partial charge in [-0.1, -0.05) is 17.7 Å². The Hall–Kier alpha value is -1.39. The van der Waals surface area contributed by atoms with Gasteiger partial charge in [-0.2, -0.15) is 5.10 Å². The van der Waals surface area contributed by atoms with Crippen molar-refractivity contribution < 1.29 is 4.39 Å². The first-order valence-electron chi connectivity index (χ1n) is 5.30. The molecule has 1 aromatic heterocycles. The maximum atomic E-state index is 13.6. The van der Waals surface area contributed by atoms with E-state index in [2.05, 4.69) is 10.4 Å². The van der Waals surface area contributed by atoms with Crippen LogP contribution in [0, 0.1) is 5.82 Å². The third kappa shape index (κ3) is 3.05. The van der Waals surface area contributed by atoms with Gasteiger partial charge in [0, 0.05) is 23.3 Å². The molecule has 0 aliphatic heterocycles. The Morgan fingerprint density at radius 3 is 2.94 bits per heavy atom. The van der Waals surface area contributed by atoms with E-state index in [4.69, 9.17) is 11.6 Å². The first-order chi connectivity index (χ1) is 8.19. The van der Waals surface area contributed by atoms with Crippen LogP contribution in [-0.4, -0.2) is 16.8 Å². The van der Waals surface area contributed by atoms with Crippen molar-refractivity contribution in [2.75, 3.05) is 7.05 Å². The summed E-state index contributed by atoms with van der Waals surface area (Å²) in [6.07, 6.45) is 1.83. The lowest BCUT2D eigenvalue weighted by atomic mass is 10.2. The number of nitrogens with zero attached hydrogens (tertiary/aromatic N) is 2. The van der Waals surface area contributed by atoms with Gasteiger partial charge in [0.05, 0.1) is 12.2 Å². The maximum absolute atomic E-state index is 13.6. The molecule has 0 atom stereocenters. The van der Waals surface area contributed by atoms with Crippen LogP contribution in [-0.2, 0) is 13.1 Å². The largest absolute Gasteiger partial charge is 0.314 e. The minimum absolute atomic E-state index is 0.303. The second kappa shape index (κ2) is 5.29. The van der Waals surface area contributed by atoms with E-state index in [0.717, 1.165) is 5.69 Å². The van der Waals surface area contributed by atoms with E-state index in [-0.39, 0.29) is 5.82 Å². The fourth-order valence-corrected chi connectivity index (χ4v) is 1.75. The van der Waals surface area contributed by atoms with E-state index in [9.17, 15) is 4.39 Å². The predicted octanol–water partition coefficient (Wildman–Crippen LogP) is 2.44. The van der Waals surface area contributed by atoms with Crippen LogP contribution in [0.3, 0.4) is 0 Å². The van der Waals surface area contributed by atoms with Crippen LogP contribution < -0.4 is 5.32 Å². The van der Waals surface area contributed by atoms with Crippen molar-refractivity contribution in [3.63, 3.8) is 0 Å². The topological polar surface area (TPSA) is 29.9 Å². The highest BCUT2D eigenvalue weighted by molar-refractivity contribution is 6.30. The Morgan fingerprint density at radius 2 is 2.24 bits per heavy atom. The summed E-state index contributed by atoms with van der Waals surface area (Å²) in [7, 11) is 1.86. The lowest BCUT2D eigenvalue weighted by Crippen LogP contribution is -2.08. The summed E-state index contributed by atoms with van der Waals surface area (Å²) in [4.78, 5) is 0. The molecule has 0 saturated heterocycles. The number of benzene rings is 1. The van der Waals surface area contributed by atoms with Gasteiger partial charge in [0.1, 0.15) is 5.82 Å². The molecule has 3 nitrogen and oxygen atoms in total. The summed E-state index contributed by atoms with van der Waals surface area (Å²) in [6.45, 7) is 1.11. The van der Waals surface area contributed by atoms with Gasteiger partial charge < -0.3 is 5.32 Å². The molecular weight excluding hydrogens is 241 g/mol. The molecule has 0 saturated carbocycles. The van der Waals surface area contributed by atoms with Crippen molar-refractivity contribution in [2.45, 2.75) is 13.1 Å². The van der Waals surface area contributed by atoms with Gasteiger partial charge in [-0.3, -0.25) is 4.68 Å². The van der Waals surface area contributed by atoms with Crippen LogP contribution in [0.15, 0.2) is 30.5 Å². The lowest BCUT2D eigenvalue weighted by molar-refractivity contribution is 0.581. The fourth-order valence-electron chi connectivity index (χ4n) is 1.59. The molecular formula is C12H13ClFN3. The average molecular weight is 254 g/mol. The van der Waals surface area contributed by atoms with Gasteiger partial charge in [-0.25, -0.2) is 4.39 Å². The molecule has 2 aromatic rings. The zero-order chi connectivity index (χ0) is 12.3. The molecule has 1 N–H and O–H groups in total. The monoisotopic (exact) mass is 253 g/mol. The highest BCUT2D eigenvalue weighted by Crippen LogP contribution is 2.15. The molecule has 17 heavy (non-hydrogen) atoms. The number of hydrogen-bond donors (Lipinski definition) is 1. The van der Waals surface area contributed by atoms with Crippen molar-refractivity contribution in [1.29, 1.82) is 0 Å². The van der Waals surface area contributed by atoms with Crippen molar-refractivity contribution in [1.82, 2.24) is 15.1 Å². The first-order valence-corrected chi connectivity index (χ1v) is 5.67. The highest BCUT2D eigenvalue weighted by Gasteiger charge is 2.05. The summed E-state index contributed by atoms with van der Waals surface area (Å²) in [6, 6.07) is 6.58. The summed E-state index contributed by atoms with van der Waals surface area (Å²) in [5.74, 6) is -0.303. The van der Waals surface area contributed by atoms with Gasteiger partial charge in [0.15, 0.2) is 0 Å². The SMILES string of the molecule is CNCc1ccn(Cc2ccc(Cl)cc2F)n1. The van der Waals surface area contributed by atoms with Gasteiger partial charge in [0.2, 0.25) is 0 Å². The summed E-state index contributed by atoms with van der Waals surface area (Å²) in [5, 5.41) is 7.73. The van der Waals surface area contributed by atoms with Crippen LogP contribution in [0.4, 0.5) is 4.39 Å². The predicted molar refractivity (Wildman–Crippen MR) is 65.5 cm³/mol. The molecule has 90 valence electrons. The highest BCUT2D eigenvalue weighted by atomic mass is 35.5. The third-order valence-electron chi connectivity index (χ3n) is 2.40. The lowest BCUT2D eigenvalue weighted by Gasteiger charge is -2.04. The second-order valence-corrected chi connectivity index (χ2v) is 4.21. The maximum Gasteiger partial charge on any atom is 0.129 e. The molecule has 1 heterocycles. The Labute approximate surface area is 104 Å². The number of aromatic nitrogens is 2. The van der Waals surface area contributed by atoms with Crippen molar-refractivity contribution in [3.8, 4) is 0 Å². The van der Waals surface area contributed by atoms with Crippen LogP contribution in [0.5, 0.6) is 0 Å². The smallest absolute Gasteiger partial charge is 0.129 e. The molecule has 0 unspecified atom stereocenters. The standard InChI is InChI=1S/C12H13ClFN3/c1-15-7-11-4-5-17(16-11)8-9-2-3-10(13)6-12(9)14/h2-6,15H,7-8H2,1H3. The molecule has 0 radical (unpaired) electrons. The summed E-state index contributed by atoms with van der Waals surface area (Å²) < 4.78 is 15.3. The van der Waals surface area contributed by atoms with E-state index in [1.165, 1.54) is 6.07 Å². The molecule has 5 heteroatoms. The number of halogens is 2. The minimum atomic E-state index is -0.303. The van der Waals surface area contributed by atoms with E-state index in [1.807, 2.05) is 19.3 Å². The molecule has 0 bridgehead atoms. The van der Waals surface area contributed by atoms with Crippen LogP contribution >= 0.6 is 11.6 Å². The van der Waals surface area contributed by atoms with Crippen molar-refractivity contribution >= 4 is 11.6 Å². The summed E-state index contributed by atoms with van der Waals surface area (Å²) in [5.41, 5.74) is 1.51. The molecule has 0 aliphatic carbocycles. The molecule has 0 aliphatic rings. The Kier molecular flexibility index (Phi) is 3.76. The zero-order valence-corrected chi connectivity index (χ0v) is 10.2. The van der Waals surface area contributed by atoms with Gasteiger partial charge >= 0.3 is 0 Å². The normalized spacial score (nSPS) is 10.8. The van der Waals surface area contributed by atoms with E-state index < -0.39 is 0 Å². The zero-order valence-electron chi connectivity index (χ0n) is 9.45. The number of hydrogen-bond acceptors (Lipinski definition) is 2. The Morgan fingerprint density at radius 1 is 1.41 bits per heavy atom. The van der Waals surface area contributed by atoms with E-state index >= 15 is 0 Å². The number of nitrogens with one attached hydrogen (secondary N) is 1. The van der Waals surface area contributed by atoms with Crippen LogP contribution in [0.25, 0.3) is 0 Å². The van der Waals surface area contributed by atoms with Gasteiger partial charge in [-0.05, 0) is 25.2 Å². The molecule has 0 amide bonds. The van der Waals surface area contributed by atoms with Crippen LogP contribution in [0.2, 0.25) is 5.02 Å². The molecule has 0 spiro atoms. The third-order valence-corrected chi connectivity index (χ3v) is 2.64. The molecule has 2 rings (SSSR count). The van der Waals surface area contributed by atoms with Crippen molar-refractivity contribution in [3.05, 3.63) is 52.6 Å². The molecule has 1 aromatic carbocycles. The minimum Gasteiger partial charge on any atom is -0.314 e. The van der Waals surface area contributed by atoms with E-state index in [1.54, 1.807) is 16.8 Å². The van der Waals surface area contributed by atoms with Gasteiger partial charge in [0.25, 0.3) is 0 Å². The molecule has 0 fully saturated rings. The quantitative estimate of drug-likeness (QED) is 0.907. The average Bonchev–Trinajstić information content (AvgIpc) is 2.71. The second-order valence-electron chi connectivity index (χ2n) is 3.77. The van der Waals surface area contributed by atoms with E-state index in [0.29, 0.717) is 23.7 Å². The van der Waals surface area contributed by atoms with Crippen LogP contribution in [0.1, 0.15) is 11.3 Å². The Balaban J connectivity index is 2.13. The Bertz CT molecular complexity index is 510. The fraction of sp³-hybridized carbons (Fsp3) is 0.250. The summed E-state index contributed by atoms with van der Waals surface area (Å²) >= 11 is 5.69. The van der Waals surface area contributed by atoms with Gasteiger partial charge in [-0.15, -0.1) is 0 Å². The first kappa shape index (κ1) is 12.1. The van der Waals surface area contributed by atoms with Crippen molar-refractivity contribution in [2.24, 2.45) is 0 Å². The number of rotatable bonds is 4.